The van der Waals surface area contributed by atoms with Gasteiger partial charge < -0.3 is 14.5 Å². The Kier molecular flexibility index (Phi) is 4.50. The summed E-state index contributed by atoms with van der Waals surface area (Å²) in [6.07, 6.45) is 4.16. The number of fused-ring (bicyclic) bond motifs is 2. The van der Waals surface area contributed by atoms with Crippen LogP contribution in [0.4, 0.5) is 5.69 Å². The second-order valence-corrected chi connectivity index (χ2v) is 8.22. The number of benzene rings is 1. The van der Waals surface area contributed by atoms with E-state index in [0.29, 0.717) is 19.7 Å². The quantitative estimate of drug-likeness (QED) is 0.828. The van der Waals surface area contributed by atoms with Gasteiger partial charge in [-0.15, -0.1) is 11.8 Å². The first-order valence-corrected chi connectivity index (χ1v) is 10.0. The molecule has 0 aromatic heterocycles. The van der Waals surface area contributed by atoms with E-state index in [9.17, 15) is 9.59 Å². The molecule has 0 bridgehead atoms. The maximum Gasteiger partial charge on any atom is 0.268 e. The van der Waals surface area contributed by atoms with Gasteiger partial charge in [-0.1, -0.05) is 31.0 Å². The number of rotatable bonds is 4. The monoisotopic (exact) mass is 360 g/mol. The van der Waals surface area contributed by atoms with Crippen LogP contribution in [-0.2, 0) is 19.2 Å². The SMILES string of the molecule is COCCN1C(=O)C2(SCCN2C(=O)C2CCCC2)c2ccccc21. The van der Waals surface area contributed by atoms with Crippen LogP contribution in [0.5, 0.6) is 0 Å². The highest BCUT2D eigenvalue weighted by atomic mass is 32.2. The molecule has 2 heterocycles. The third-order valence-corrected chi connectivity index (χ3v) is 7.01. The number of methoxy groups -OCH3 is 1. The summed E-state index contributed by atoms with van der Waals surface area (Å²) in [6.45, 7) is 1.65. The predicted octanol–water partition coefficient (Wildman–Crippen LogP) is 2.60. The van der Waals surface area contributed by atoms with Gasteiger partial charge >= 0.3 is 0 Å². The minimum Gasteiger partial charge on any atom is -0.383 e. The summed E-state index contributed by atoms with van der Waals surface area (Å²) in [4.78, 5) is 29.5. The number of ether oxygens (including phenoxy) is 1. The molecule has 4 rings (SSSR count). The molecule has 134 valence electrons. The third kappa shape index (κ3) is 2.49. The normalized spacial score (nSPS) is 26.0. The Balaban J connectivity index is 1.74. The summed E-state index contributed by atoms with van der Waals surface area (Å²) >= 11 is 1.61. The Bertz CT molecular complexity index is 689. The predicted molar refractivity (Wildman–Crippen MR) is 98.5 cm³/mol. The van der Waals surface area contributed by atoms with Gasteiger partial charge in [0.15, 0.2) is 4.87 Å². The summed E-state index contributed by atoms with van der Waals surface area (Å²) in [5.74, 6) is 1.07. The van der Waals surface area contributed by atoms with Crippen molar-refractivity contribution in [2.45, 2.75) is 30.6 Å². The van der Waals surface area contributed by atoms with E-state index >= 15 is 0 Å². The van der Waals surface area contributed by atoms with Crippen molar-refractivity contribution in [3.8, 4) is 0 Å². The highest BCUT2D eigenvalue weighted by molar-refractivity contribution is 8.01. The van der Waals surface area contributed by atoms with E-state index in [1.165, 1.54) is 0 Å². The molecule has 1 aliphatic carbocycles. The number of amides is 2. The van der Waals surface area contributed by atoms with Gasteiger partial charge in [0, 0.05) is 37.4 Å². The van der Waals surface area contributed by atoms with Crippen molar-refractivity contribution in [1.29, 1.82) is 0 Å². The second-order valence-electron chi connectivity index (χ2n) is 6.93. The van der Waals surface area contributed by atoms with E-state index < -0.39 is 4.87 Å². The lowest BCUT2D eigenvalue weighted by Crippen LogP contribution is -2.52. The minimum atomic E-state index is -0.871. The number of nitrogens with zero attached hydrogens (tertiary/aromatic N) is 2. The molecule has 2 aliphatic heterocycles. The van der Waals surface area contributed by atoms with Crippen molar-refractivity contribution < 1.29 is 14.3 Å². The highest BCUT2D eigenvalue weighted by Gasteiger charge is 2.59. The van der Waals surface area contributed by atoms with Crippen LogP contribution in [0.15, 0.2) is 24.3 Å². The minimum absolute atomic E-state index is 0.0135. The zero-order chi connectivity index (χ0) is 17.4. The first kappa shape index (κ1) is 16.9. The van der Waals surface area contributed by atoms with Crippen molar-refractivity contribution in [2.75, 3.05) is 37.5 Å². The molecule has 1 unspecified atom stereocenters. The van der Waals surface area contributed by atoms with Gasteiger partial charge in [-0.3, -0.25) is 9.59 Å². The van der Waals surface area contributed by atoms with E-state index in [4.69, 9.17) is 4.74 Å². The van der Waals surface area contributed by atoms with Gasteiger partial charge in [-0.25, -0.2) is 0 Å². The molecule has 3 aliphatic rings. The summed E-state index contributed by atoms with van der Waals surface area (Å²) < 4.78 is 5.19. The maximum atomic E-state index is 13.5. The summed E-state index contributed by atoms with van der Waals surface area (Å²) in [5.41, 5.74) is 1.88. The molecule has 1 atom stereocenters. The lowest BCUT2D eigenvalue weighted by atomic mass is 10.0. The van der Waals surface area contributed by atoms with Crippen molar-refractivity contribution in [3.05, 3.63) is 29.8 Å². The summed E-state index contributed by atoms with van der Waals surface area (Å²) in [6, 6.07) is 7.90. The Morgan fingerprint density at radius 2 is 2.08 bits per heavy atom. The highest BCUT2D eigenvalue weighted by Crippen LogP contribution is 2.54. The van der Waals surface area contributed by atoms with Gasteiger partial charge in [-0.2, -0.15) is 0 Å². The molecule has 1 aromatic carbocycles. The Labute approximate surface area is 152 Å². The van der Waals surface area contributed by atoms with Crippen molar-refractivity contribution in [1.82, 2.24) is 4.90 Å². The number of hydrogen-bond donors (Lipinski definition) is 0. The molecule has 2 amide bonds. The topological polar surface area (TPSA) is 49.9 Å². The fourth-order valence-electron chi connectivity index (χ4n) is 4.39. The molecule has 5 nitrogen and oxygen atoms in total. The van der Waals surface area contributed by atoms with Gasteiger partial charge in [0.1, 0.15) is 0 Å². The van der Waals surface area contributed by atoms with Crippen molar-refractivity contribution >= 4 is 29.3 Å². The van der Waals surface area contributed by atoms with Crippen LogP contribution in [0.3, 0.4) is 0 Å². The number of thioether (sulfide) groups is 1. The van der Waals surface area contributed by atoms with Crippen molar-refractivity contribution in [2.24, 2.45) is 5.92 Å². The Morgan fingerprint density at radius 1 is 1.32 bits per heavy atom. The van der Waals surface area contributed by atoms with Crippen LogP contribution in [0.1, 0.15) is 31.2 Å². The van der Waals surface area contributed by atoms with E-state index in [0.717, 1.165) is 42.7 Å². The van der Waals surface area contributed by atoms with Crippen molar-refractivity contribution in [3.63, 3.8) is 0 Å². The number of hydrogen-bond acceptors (Lipinski definition) is 4. The molecule has 1 saturated heterocycles. The van der Waals surface area contributed by atoms with Gasteiger partial charge in [0.25, 0.3) is 5.91 Å². The average molecular weight is 360 g/mol. The van der Waals surface area contributed by atoms with Crippen LogP contribution in [0.2, 0.25) is 0 Å². The molecule has 6 heteroatoms. The van der Waals surface area contributed by atoms with Gasteiger partial charge in [0.05, 0.1) is 12.3 Å². The number of para-hydroxylation sites is 1. The van der Waals surface area contributed by atoms with Crippen LogP contribution in [-0.4, -0.2) is 49.3 Å². The number of carbonyl (C=O) groups is 2. The molecule has 25 heavy (non-hydrogen) atoms. The molecular weight excluding hydrogens is 336 g/mol. The Morgan fingerprint density at radius 3 is 2.84 bits per heavy atom. The lowest BCUT2D eigenvalue weighted by molar-refractivity contribution is -0.143. The molecule has 2 fully saturated rings. The van der Waals surface area contributed by atoms with Gasteiger partial charge in [-0.05, 0) is 18.9 Å². The fraction of sp³-hybridized carbons (Fsp3) is 0.579. The molecular formula is C19H24N2O3S. The maximum absolute atomic E-state index is 13.5. The largest absolute Gasteiger partial charge is 0.383 e. The van der Waals surface area contributed by atoms with Crippen LogP contribution >= 0.6 is 11.8 Å². The van der Waals surface area contributed by atoms with Crippen LogP contribution < -0.4 is 4.90 Å². The van der Waals surface area contributed by atoms with E-state index in [2.05, 4.69) is 0 Å². The summed E-state index contributed by atoms with van der Waals surface area (Å²) in [7, 11) is 1.64. The summed E-state index contributed by atoms with van der Waals surface area (Å²) in [5, 5.41) is 0. The lowest BCUT2D eigenvalue weighted by Gasteiger charge is -2.34. The molecule has 1 aromatic rings. The first-order chi connectivity index (χ1) is 12.2. The third-order valence-electron chi connectivity index (χ3n) is 5.59. The number of carbonyl (C=O) groups excluding carboxylic acids is 2. The van der Waals surface area contributed by atoms with E-state index in [-0.39, 0.29) is 17.7 Å². The molecule has 1 spiro atoms. The zero-order valence-corrected chi connectivity index (χ0v) is 15.4. The van der Waals surface area contributed by atoms with Crippen LogP contribution in [0.25, 0.3) is 0 Å². The first-order valence-electron chi connectivity index (χ1n) is 9.06. The fourth-order valence-corrected chi connectivity index (χ4v) is 5.85. The van der Waals surface area contributed by atoms with E-state index in [1.54, 1.807) is 23.8 Å². The Hall–Kier alpha value is -1.53. The van der Waals surface area contributed by atoms with Gasteiger partial charge in [0.2, 0.25) is 5.91 Å². The molecule has 0 N–H and O–H groups in total. The van der Waals surface area contributed by atoms with E-state index in [1.807, 2.05) is 29.2 Å². The standard InChI is InChI=1S/C19H24N2O3S/c1-24-12-10-20-16-9-5-4-8-15(16)19(18(20)23)21(11-13-25-19)17(22)14-6-2-3-7-14/h4-5,8-9,14H,2-3,6-7,10-13H2,1H3. The number of anilines is 1. The van der Waals surface area contributed by atoms with Crippen LogP contribution in [0, 0.1) is 5.92 Å². The molecule has 1 saturated carbocycles. The smallest absolute Gasteiger partial charge is 0.268 e. The second kappa shape index (κ2) is 6.65. The average Bonchev–Trinajstić information content (AvgIpc) is 3.35. The zero-order valence-electron chi connectivity index (χ0n) is 14.6. The molecule has 0 radical (unpaired) electrons.